The summed E-state index contributed by atoms with van der Waals surface area (Å²) in [6.45, 7) is 4.64. The minimum Gasteiger partial charge on any atom is -0.296 e. The summed E-state index contributed by atoms with van der Waals surface area (Å²) < 4.78 is 0. The van der Waals surface area contributed by atoms with Crippen molar-refractivity contribution < 1.29 is 0 Å². The third-order valence-electron chi connectivity index (χ3n) is 3.62. The van der Waals surface area contributed by atoms with Crippen molar-refractivity contribution in [3.05, 3.63) is 35.4 Å². The Morgan fingerprint density at radius 1 is 1.29 bits per heavy atom. The molecule has 2 rings (SSSR count). The smallest absolute Gasteiger partial charge is 0.0991 e. The summed E-state index contributed by atoms with van der Waals surface area (Å²) in [5, 5.41) is 8.96. The van der Waals surface area contributed by atoms with Crippen LogP contribution in [0.4, 0.5) is 0 Å². The molecule has 0 aliphatic carbocycles. The second kappa shape index (κ2) is 5.84. The molecule has 0 spiro atoms. The molecule has 1 aliphatic heterocycles. The van der Waals surface area contributed by atoms with E-state index in [2.05, 4.69) is 24.0 Å². The first-order valence-corrected chi connectivity index (χ1v) is 6.59. The van der Waals surface area contributed by atoms with E-state index in [0.29, 0.717) is 6.04 Å². The second-order valence-corrected chi connectivity index (χ2v) is 4.76. The first-order valence-electron chi connectivity index (χ1n) is 6.59. The third-order valence-corrected chi connectivity index (χ3v) is 3.62. The van der Waals surface area contributed by atoms with Crippen LogP contribution >= 0.6 is 0 Å². The molecule has 0 bridgehead atoms. The highest BCUT2D eigenvalue weighted by molar-refractivity contribution is 5.34. The third kappa shape index (κ3) is 2.87. The molecule has 90 valence electrons. The Kier molecular flexibility index (Phi) is 4.17. The number of nitrogens with zero attached hydrogens (tertiary/aromatic N) is 2. The van der Waals surface area contributed by atoms with Gasteiger partial charge in [-0.3, -0.25) is 4.90 Å². The highest BCUT2D eigenvalue weighted by atomic mass is 15.2. The predicted octanol–water partition coefficient (Wildman–Crippen LogP) is 3.50. The van der Waals surface area contributed by atoms with E-state index in [-0.39, 0.29) is 0 Å². The van der Waals surface area contributed by atoms with Gasteiger partial charge in [0.15, 0.2) is 0 Å². The lowest BCUT2D eigenvalue weighted by Crippen LogP contribution is -2.33. The lowest BCUT2D eigenvalue weighted by atomic mass is 9.98. The van der Waals surface area contributed by atoms with Gasteiger partial charge in [-0.05, 0) is 50.0 Å². The van der Waals surface area contributed by atoms with E-state index in [0.717, 1.165) is 12.0 Å². The Bertz CT molecular complexity index is 400. The van der Waals surface area contributed by atoms with E-state index in [1.54, 1.807) is 0 Å². The zero-order valence-corrected chi connectivity index (χ0v) is 10.5. The molecule has 2 nitrogen and oxygen atoms in total. The van der Waals surface area contributed by atoms with Crippen molar-refractivity contribution in [1.29, 1.82) is 5.26 Å². The number of hydrogen-bond acceptors (Lipinski definition) is 2. The fraction of sp³-hybridized carbons (Fsp3) is 0.533. The lowest BCUT2D eigenvalue weighted by Gasteiger charge is -2.34. The van der Waals surface area contributed by atoms with E-state index in [4.69, 9.17) is 5.26 Å². The van der Waals surface area contributed by atoms with Crippen LogP contribution in [-0.4, -0.2) is 18.0 Å². The van der Waals surface area contributed by atoms with Gasteiger partial charge in [0, 0.05) is 6.04 Å². The summed E-state index contributed by atoms with van der Waals surface area (Å²) in [5.74, 6) is 0. The highest BCUT2D eigenvalue weighted by Gasteiger charge is 2.20. The van der Waals surface area contributed by atoms with Crippen molar-refractivity contribution in [2.45, 2.75) is 38.6 Å². The van der Waals surface area contributed by atoms with E-state index in [9.17, 15) is 0 Å². The Hall–Kier alpha value is -1.33. The van der Waals surface area contributed by atoms with Crippen LogP contribution in [-0.2, 0) is 0 Å². The molecule has 1 aromatic rings. The molecule has 1 fully saturated rings. The van der Waals surface area contributed by atoms with Gasteiger partial charge in [-0.1, -0.05) is 25.5 Å². The summed E-state index contributed by atoms with van der Waals surface area (Å²) in [7, 11) is 0. The van der Waals surface area contributed by atoms with Crippen molar-refractivity contribution >= 4 is 0 Å². The molecular formula is C15H20N2. The average Bonchev–Trinajstić information content (AvgIpc) is 2.41. The van der Waals surface area contributed by atoms with Gasteiger partial charge in [0.1, 0.15) is 0 Å². The van der Waals surface area contributed by atoms with Crippen LogP contribution in [0.1, 0.15) is 49.8 Å². The topological polar surface area (TPSA) is 27.0 Å². The largest absolute Gasteiger partial charge is 0.296 e. The first-order chi connectivity index (χ1) is 8.35. The molecule has 2 heteroatoms. The van der Waals surface area contributed by atoms with Crippen LogP contribution in [0.3, 0.4) is 0 Å². The number of benzene rings is 1. The highest BCUT2D eigenvalue weighted by Crippen LogP contribution is 2.27. The van der Waals surface area contributed by atoms with E-state index in [1.165, 1.54) is 37.9 Å². The molecule has 17 heavy (non-hydrogen) atoms. The standard InChI is InChI=1S/C15H20N2/c1-2-15(17-9-4-3-5-10-17)14-8-6-7-13(11-14)12-16/h6-8,11,15H,2-5,9-10H2,1H3. The number of likely N-dealkylation sites (tertiary alicyclic amines) is 1. The zero-order chi connectivity index (χ0) is 12.1. The molecule has 1 aliphatic rings. The van der Waals surface area contributed by atoms with Crippen molar-refractivity contribution in [3.8, 4) is 6.07 Å². The molecule has 1 unspecified atom stereocenters. The Labute approximate surface area is 104 Å². The minimum absolute atomic E-state index is 0.489. The van der Waals surface area contributed by atoms with Gasteiger partial charge in [-0.25, -0.2) is 0 Å². The number of hydrogen-bond donors (Lipinski definition) is 0. The van der Waals surface area contributed by atoms with Crippen molar-refractivity contribution in [1.82, 2.24) is 4.90 Å². The van der Waals surface area contributed by atoms with Crippen LogP contribution in [0.2, 0.25) is 0 Å². The number of rotatable bonds is 3. The molecule has 0 amide bonds. The van der Waals surface area contributed by atoms with E-state index >= 15 is 0 Å². The van der Waals surface area contributed by atoms with E-state index in [1.807, 2.05) is 18.2 Å². The van der Waals surface area contributed by atoms with Gasteiger partial charge in [0.2, 0.25) is 0 Å². The lowest BCUT2D eigenvalue weighted by molar-refractivity contribution is 0.159. The monoisotopic (exact) mass is 228 g/mol. The van der Waals surface area contributed by atoms with Gasteiger partial charge in [0.05, 0.1) is 11.6 Å². The second-order valence-electron chi connectivity index (χ2n) is 4.76. The molecule has 0 N–H and O–H groups in total. The summed E-state index contributed by atoms with van der Waals surface area (Å²) in [4.78, 5) is 2.57. The zero-order valence-electron chi connectivity index (χ0n) is 10.5. The molecule has 1 atom stereocenters. The summed E-state index contributed by atoms with van der Waals surface area (Å²) in [5.41, 5.74) is 2.08. The van der Waals surface area contributed by atoms with Crippen LogP contribution in [0.15, 0.2) is 24.3 Å². The molecular weight excluding hydrogens is 208 g/mol. The summed E-state index contributed by atoms with van der Waals surface area (Å²) >= 11 is 0. The first kappa shape index (κ1) is 12.1. The van der Waals surface area contributed by atoms with Gasteiger partial charge >= 0.3 is 0 Å². The predicted molar refractivity (Wildman–Crippen MR) is 69.6 cm³/mol. The quantitative estimate of drug-likeness (QED) is 0.791. The molecule has 0 saturated carbocycles. The number of nitriles is 1. The van der Waals surface area contributed by atoms with Gasteiger partial charge in [0.25, 0.3) is 0 Å². The van der Waals surface area contributed by atoms with Gasteiger partial charge in [-0.15, -0.1) is 0 Å². The fourth-order valence-electron chi connectivity index (χ4n) is 2.75. The molecule has 0 aromatic heterocycles. The molecule has 1 saturated heterocycles. The van der Waals surface area contributed by atoms with Crippen molar-refractivity contribution in [2.75, 3.05) is 13.1 Å². The van der Waals surface area contributed by atoms with Crippen molar-refractivity contribution in [2.24, 2.45) is 0 Å². The molecule has 0 radical (unpaired) electrons. The van der Waals surface area contributed by atoms with E-state index < -0.39 is 0 Å². The van der Waals surface area contributed by atoms with Crippen LogP contribution < -0.4 is 0 Å². The molecule has 1 aromatic carbocycles. The fourth-order valence-corrected chi connectivity index (χ4v) is 2.75. The minimum atomic E-state index is 0.489. The van der Waals surface area contributed by atoms with Gasteiger partial charge in [-0.2, -0.15) is 5.26 Å². The maximum Gasteiger partial charge on any atom is 0.0991 e. The maximum absolute atomic E-state index is 8.96. The Morgan fingerprint density at radius 2 is 2.06 bits per heavy atom. The Balaban J connectivity index is 2.18. The Morgan fingerprint density at radius 3 is 2.71 bits per heavy atom. The van der Waals surface area contributed by atoms with Crippen LogP contribution in [0.25, 0.3) is 0 Å². The average molecular weight is 228 g/mol. The van der Waals surface area contributed by atoms with Crippen LogP contribution in [0.5, 0.6) is 0 Å². The number of piperidine rings is 1. The normalized spacial score (nSPS) is 18.6. The van der Waals surface area contributed by atoms with Crippen molar-refractivity contribution in [3.63, 3.8) is 0 Å². The maximum atomic E-state index is 8.96. The summed E-state index contributed by atoms with van der Waals surface area (Å²) in [6, 6.07) is 10.8. The SMILES string of the molecule is CCC(c1cccc(C#N)c1)N1CCCCC1. The molecule has 1 heterocycles. The summed E-state index contributed by atoms with van der Waals surface area (Å²) in [6.07, 6.45) is 5.11. The van der Waals surface area contributed by atoms with Gasteiger partial charge < -0.3 is 0 Å². The van der Waals surface area contributed by atoms with Crippen LogP contribution in [0, 0.1) is 11.3 Å².